The number of likely N-dealkylation sites (tertiary alicyclic amines) is 1. The molecular formula is C21H38N6O9. The smallest absolute Gasteiger partial charge is 0.449 e. The van der Waals surface area contributed by atoms with Crippen molar-refractivity contribution in [3.63, 3.8) is 0 Å². The average molecular weight is 519 g/mol. The van der Waals surface area contributed by atoms with Gasteiger partial charge in [0.15, 0.2) is 5.96 Å². The monoisotopic (exact) mass is 518 g/mol. The fourth-order valence-electron chi connectivity index (χ4n) is 3.09. The summed E-state index contributed by atoms with van der Waals surface area (Å²) >= 11 is 0. The SMILES string of the molecule is COCCOC(=O)OC[C@@H](NC(=O)OCC(C)C)C(=O)N[C@@H](C)C(=O)N[C@H]1CCCN(C(=N)N)C1O. The number of nitrogens with one attached hydrogen (secondary N) is 4. The largest absolute Gasteiger partial charge is 0.508 e. The lowest BCUT2D eigenvalue weighted by Crippen LogP contribution is -2.61. The summed E-state index contributed by atoms with van der Waals surface area (Å²) in [6.45, 7) is 5.03. The summed E-state index contributed by atoms with van der Waals surface area (Å²) in [5.74, 6) is -1.70. The number of piperidine rings is 1. The molecule has 7 N–H and O–H groups in total. The Kier molecular flexibility index (Phi) is 13.3. The number of methoxy groups -OCH3 is 1. The Labute approximate surface area is 209 Å². The van der Waals surface area contributed by atoms with Crippen molar-refractivity contribution in [3.8, 4) is 0 Å². The molecule has 0 aromatic rings. The molecule has 15 heteroatoms. The normalized spacial score (nSPS) is 19.0. The number of ether oxygens (including phenoxy) is 4. The van der Waals surface area contributed by atoms with Crippen molar-refractivity contribution >= 4 is 30.0 Å². The molecule has 1 heterocycles. The fourth-order valence-corrected chi connectivity index (χ4v) is 3.09. The third-order valence-corrected chi connectivity index (χ3v) is 5.01. The number of amides is 3. The first kappa shape index (κ1) is 30.7. The van der Waals surface area contributed by atoms with Crippen LogP contribution in [-0.4, -0.2) is 104 Å². The van der Waals surface area contributed by atoms with E-state index in [1.54, 1.807) is 0 Å². The molecule has 0 aromatic heterocycles. The molecule has 15 nitrogen and oxygen atoms in total. The molecule has 0 aliphatic carbocycles. The summed E-state index contributed by atoms with van der Waals surface area (Å²) in [7, 11) is 1.42. The van der Waals surface area contributed by atoms with Crippen LogP contribution in [0.1, 0.15) is 33.6 Å². The maximum Gasteiger partial charge on any atom is 0.508 e. The number of guanidine groups is 1. The number of rotatable bonds is 12. The molecule has 36 heavy (non-hydrogen) atoms. The Morgan fingerprint density at radius 3 is 2.36 bits per heavy atom. The Morgan fingerprint density at radius 2 is 1.75 bits per heavy atom. The van der Waals surface area contributed by atoms with Gasteiger partial charge < -0.3 is 50.6 Å². The maximum atomic E-state index is 12.8. The van der Waals surface area contributed by atoms with Gasteiger partial charge in [-0.05, 0) is 25.7 Å². The second-order valence-corrected chi connectivity index (χ2v) is 8.57. The molecule has 1 fully saturated rings. The third kappa shape index (κ3) is 10.9. The summed E-state index contributed by atoms with van der Waals surface area (Å²) in [4.78, 5) is 50.5. The van der Waals surface area contributed by atoms with Gasteiger partial charge in [0.1, 0.15) is 31.5 Å². The summed E-state index contributed by atoms with van der Waals surface area (Å²) in [5.41, 5.74) is 5.45. The second-order valence-electron chi connectivity index (χ2n) is 8.57. The Morgan fingerprint density at radius 1 is 1.06 bits per heavy atom. The van der Waals surface area contributed by atoms with Gasteiger partial charge in [-0.1, -0.05) is 13.8 Å². The molecule has 3 amide bonds. The van der Waals surface area contributed by atoms with Crippen molar-refractivity contribution in [1.82, 2.24) is 20.9 Å². The van der Waals surface area contributed by atoms with Crippen molar-refractivity contribution in [1.29, 1.82) is 5.41 Å². The van der Waals surface area contributed by atoms with Crippen molar-refractivity contribution in [2.24, 2.45) is 11.7 Å². The van der Waals surface area contributed by atoms with E-state index >= 15 is 0 Å². The molecule has 1 rings (SSSR count). The molecule has 206 valence electrons. The van der Waals surface area contributed by atoms with Gasteiger partial charge in [-0.2, -0.15) is 0 Å². The molecular weight excluding hydrogens is 480 g/mol. The highest BCUT2D eigenvalue weighted by Gasteiger charge is 2.33. The van der Waals surface area contributed by atoms with Crippen molar-refractivity contribution < 1.29 is 43.2 Å². The molecule has 0 saturated carbocycles. The minimum Gasteiger partial charge on any atom is -0.449 e. The van der Waals surface area contributed by atoms with Crippen LogP contribution in [0.2, 0.25) is 0 Å². The van der Waals surface area contributed by atoms with Crippen molar-refractivity contribution in [2.45, 2.75) is 58.0 Å². The van der Waals surface area contributed by atoms with E-state index in [9.17, 15) is 24.3 Å². The first-order chi connectivity index (χ1) is 17.0. The van der Waals surface area contributed by atoms with E-state index in [0.29, 0.717) is 19.4 Å². The molecule has 4 atom stereocenters. The van der Waals surface area contributed by atoms with Gasteiger partial charge in [0.25, 0.3) is 0 Å². The summed E-state index contributed by atoms with van der Waals surface area (Å²) in [6, 6.07) is -3.18. The number of aliphatic hydroxyl groups is 1. The first-order valence-electron chi connectivity index (χ1n) is 11.6. The van der Waals surface area contributed by atoms with Crippen LogP contribution in [0.4, 0.5) is 9.59 Å². The van der Waals surface area contributed by atoms with Gasteiger partial charge >= 0.3 is 12.2 Å². The van der Waals surface area contributed by atoms with E-state index in [0.717, 1.165) is 0 Å². The zero-order valence-corrected chi connectivity index (χ0v) is 21.1. The van der Waals surface area contributed by atoms with Crippen LogP contribution in [-0.2, 0) is 28.5 Å². The van der Waals surface area contributed by atoms with E-state index in [-0.39, 0.29) is 31.7 Å². The van der Waals surface area contributed by atoms with Crippen molar-refractivity contribution in [2.75, 3.05) is 40.1 Å². The summed E-state index contributed by atoms with van der Waals surface area (Å²) < 4.78 is 19.4. The van der Waals surface area contributed by atoms with Crippen LogP contribution in [0.3, 0.4) is 0 Å². The zero-order valence-electron chi connectivity index (χ0n) is 21.1. The third-order valence-electron chi connectivity index (χ3n) is 5.01. The molecule has 1 aliphatic heterocycles. The second kappa shape index (κ2) is 15.6. The van der Waals surface area contributed by atoms with Crippen LogP contribution < -0.4 is 21.7 Å². The van der Waals surface area contributed by atoms with E-state index in [4.69, 9.17) is 30.1 Å². The average Bonchev–Trinajstić information content (AvgIpc) is 2.81. The Hall–Kier alpha value is -3.33. The van der Waals surface area contributed by atoms with E-state index in [1.807, 2.05) is 13.8 Å². The van der Waals surface area contributed by atoms with Crippen LogP contribution >= 0.6 is 0 Å². The fraction of sp³-hybridized carbons (Fsp3) is 0.762. The lowest BCUT2D eigenvalue weighted by Gasteiger charge is -2.38. The molecule has 0 aromatic carbocycles. The topological polar surface area (TPSA) is 215 Å². The van der Waals surface area contributed by atoms with Gasteiger partial charge in [-0.25, -0.2) is 9.59 Å². The number of aliphatic hydroxyl groups excluding tert-OH is 1. The molecule has 0 bridgehead atoms. The van der Waals surface area contributed by atoms with Crippen LogP contribution in [0, 0.1) is 11.3 Å². The summed E-state index contributed by atoms with van der Waals surface area (Å²) in [6.07, 6.45) is -2.14. The van der Waals surface area contributed by atoms with Crippen LogP contribution in [0.5, 0.6) is 0 Å². The van der Waals surface area contributed by atoms with Crippen LogP contribution in [0.25, 0.3) is 0 Å². The minimum absolute atomic E-state index is 0.0489. The number of alkyl carbamates (subject to hydrolysis) is 1. The Balaban J connectivity index is 2.73. The molecule has 1 unspecified atom stereocenters. The van der Waals surface area contributed by atoms with Gasteiger partial charge in [-0.15, -0.1) is 0 Å². The number of nitrogens with zero attached hydrogens (tertiary/aromatic N) is 1. The van der Waals surface area contributed by atoms with E-state index in [1.165, 1.54) is 18.9 Å². The predicted octanol–water partition coefficient (Wildman–Crippen LogP) is -1.17. The quantitative estimate of drug-likeness (QED) is 0.0783. The lowest BCUT2D eigenvalue weighted by molar-refractivity contribution is -0.131. The number of hydrogen-bond donors (Lipinski definition) is 6. The molecule has 1 aliphatic rings. The number of carbonyl (C=O) groups excluding carboxylic acids is 4. The molecule has 0 spiro atoms. The minimum atomic E-state index is -1.39. The molecule has 1 saturated heterocycles. The molecule has 0 radical (unpaired) electrons. The highest BCUT2D eigenvalue weighted by Crippen LogP contribution is 2.15. The highest BCUT2D eigenvalue weighted by atomic mass is 16.7. The first-order valence-corrected chi connectivity index (χ1v) is 11.6. The van der Waals surface area contributed by atoms with Gasteiger partial charge in [0, 0.05) is 13.7 Å². The predicted molar refractivity (Wildman–Crippen MR) is 126 cm³/mol. The maximum absolute atomic E-state index is 12.8. The highest BCUT2D eigenvalue weighted by molar-refractivity contribution is 5.91. The van der Waals surface area contributed by atoms with E-state index < -0.39 is 55.0 Å². The standard InChI is InChI=1S/C21H38N6O9/c1-12(2)10-35-20(31)26-15(11-36-21(32)34-9-8-33-4)17(29)24-13(3)16(28)25-14-6-5-7-27(18(14)30)19(22)23/h12-15,18,30H,5-11H2,1-4H3,(H3,22,23)(H,24,29)(H,25,28)(H,26,31)/t13-,14-,15+,18?/m0/s1. The number of carbonyl (C=O) groups is 4. The number of hydrogen-bond acceptors (Lipinski definition) is 10. The van der Waals surface area contributed by atoms with Crippen LogP contribution in [0.15, 0.2) is 0 Å². The van der Waals surface area contributed by atoms with Gasteiger partial charge in [0.05, 0.1) is 19.3 Å². The van der Waals surface area contributed by atoms with Crippen molar-refractivity contribution in [3.05, 3.63) is 0 Å². The van der Waals surface area contributed by atoms with Gasteiger partial charge in [-0.3, -0.25) is 15.0 Å². The van der Waals surface area contributed by atoms with E-state index in [2.05, 4.69) is 16.0 Å². The zero-order chi connectivity index (χ0) is 27.3. The summed E-state index contributed by atoms with van der Waals surface area (Å²) in [5, 5.41) is 25.2. The lowest BCUT2D eigenvalue weighted by atomic mass is 10.0. The Bertz CT molecular complexity index is 766. The van der Waals surface area contributed by atoms with Gasteiger partial charge in [0.2, 0.25) is 11.8 Å². The number of nitrogens with two attached hydrogens (primary N) is 1.